The third-order valence-electron chi connectivity index (χ3n) is 0.789. The lowest BCUT2D eigenvalue weighted by atomic mass is 10.5. The fraction of sp³-hybridized carbons (Fsp3) is 1.00. The van der Waals surface area contributed by atoms with Crippen LogP contribution in [0.2, 0.25) is 0 Å². The van der Waals surface area contributed by atoms with Crippen molar-refractivity contribution >= 4 is 0 Å². The normalized spacial score (nSPS) is 7.50. The first-order chi connectivity index (χ1) is 5.74. The van der Waals surface area contributed by atoms with E-state index < -0.39 is 0 Å². The van der Waals surface area contributed by atoms with E-state index in [1.165, 1.54) is 0 Å². The van der Waals surface area contributed by atoms with E-state index in [1.54, 1.807) is 0 Å². The highest BCUT2D eigenvalue weighted by Crippen LogP contribution is 1.57. The molecule has 0 spiro atoms. The Morgan fingerprint density at radius 2 is 1.17 bits per heavy atom. The van der Waals surface area contributed by atoms with E-state index in [9.17, 15) is 0 Å². The Bertz CT molecular complexity index is 36.8. The first kappa shape index (κ1) is 17.8. The third-order valence-corrected chi connectivity index (χ3v) is 0.789. The fourth-order valence-electron chi connectivity index (χ4n) is 0.250. The lowest BCUT2D eigenvalue weighted by molar-refractivity contribution is 0.762. The van der Waals surface area contributed by atoms with Gasteiger partial charge < -0.3 is 16.8 Å². The zero-order valence-corrected chi connectivity index (χ0v) is 9.19. The SMILES string of the molecule is CCCN.CCN.CCNCC. The van der Waals surface area contributed by atoms with Gasteiger partial charge in [-0.15, -0.1) is 0 Å². The van der Waals surface area contributed by atoms with Crippen LogP contribution in [0.4, 0.5) is 0 Å². The zero-order valence-electron chi connectivity index (χ0n) is 9.19. The van der Waals surface area contributed by atoms with Crippen molar-refractivity contribution in [1.29, 1.82) is 0 Å². The van der Waals surface area contributed by atoms with E-state index in [4.69, 9.17) is 11.5 Å². The molecule has 3 heteroatoms. The summed E-state index contributed by atoms with van der Waals surface area (Å²) in [4.78, 5) is 0. The van der Waals surface area contributed by atoms with Crippen LogP contribution in [0.5, 0.6) is 0 Å². The highest BCUT2D eigenvalue weighted by Gasteiger charge is 1.62. The standard InChI is InChI=1S/C4H11N.C3H9N.C2H7N/c1-3-5-4-2;1-2-3-4;1-2-3/h5H,3-4H2,1-2H3;2-4H2,1H3;2-3H2,1H3. The minimum absolute atomic E-state index is 0.750. The first-order valence-corrected chi connectivity index (χ1v) is 4.85. The van der Waals surface area contributed by atoms with Crippen LogP contribution in [0.15, 0.2) is 0 Å². The number of rotatable bonds is 3. The molecule has 5 N–H and O–H groups in total. The minimum atomic E-state index is 0.750. The Labute approximate surface area is 77.9 Å². The van der Waals surface area contributed by atoms with Gasteiger partial charge in [0.05, 0.1) is 0 Å². The molecular formula is C9H27N3. The number of nitrogens with two attached hydrogens (primary N) is 2. The number of hydrogen-bond acceptors (Lipinski definition) is 3. The Morgan fingerprint density at radius 1 is 0.917 bits per heavy atom. The van der Waals surface area contributed by atoms with E-state index in [1.807, 2.05) is 6.92 Å². The summed E-state index contributed by atoms with van der Waals surface area (Å²) in [7, 11) is 0. The Kier molecular flexibility index (Phi) is 45.7. The molecule has 12 heavy (non-hydrogen) atoms. The molecule has 0 aliphatic rings. The Morgan fingerprint density at radius 3 is 1.17 bits per heavy atom. The van der Waals surface area contributed by atoms with Gasteiger partial charge in [0.25, 0.3) is 0 Å². The molecule has 0 aliphatic carbocycles. The van der Waals surface area contributed by atoms with E-state index in [0.29, 0.717) is 0 Å². The van der Waals surface area contributed by atoms with Gasteiger partial charge >= 0.3 is 0 Å². The molecule has 0 saturated heterocycles. The smallest absolute Gasteiger partial charge is 0.00775 e. The summed E-state index contributed by atoms with van der Waals surface area (Å²) in [6.07, 6.45) is 1.10. The molecule has 0 amide bonds. The molecule has 0 fully saturated rings. The van der Waals surface area contributed by atoms with E-state index in [0.717, 1.165) is 32.6 Å². The van der Waals surface area contributed by atoms with E-state index in [2.05, 4.69) is 26.1 Å². The molecule has 0 saturated carbocycles. The van der Waals surface area contributed by atoms with Crippen LogP contribution >= 0.6 is 0 Å². The van der Waals surface area contributed by atoms with Crippen molar-refractivity contribution < 1.29 is 0 Å². The third kappa shape index (κ3) is 93.9. The molecule has 0 bridgehead atoms. The maximum absolute atomic E-state index is 5.03. The average Bonchev–Trinajstić information content (AvgIpc) is 2.08. The van der Waals surface area contributed by atoms with Gasteiger partial charge in [0.2, 0.25) is 0 Å². The second-order valence-electron chi connectivity index (χ2n) is 2.15. The summed E-state index contributed by atoms with van der Waals surface area (Å²) >= 11 is 0. The lowest BCUT2D eigenvalue weighted by Gasteiger charge is -1.86. The maximum Gasteiger partial charge on any atom is -0.00775 e. The monoisotopic (exact) mass is 177 g/mol. The molecule has 0 rings (SSSR count). The van der Waals surface area contributed by atoms with Gasteiger partial charge in [0.15, 0.2) is 0 Å². The zero-order chi connectivity index (χ0) is 10.2. The second-order valence-corrected chi connectivity index (χ2v) is 2.15. The van der Waals surface area contributed by atoms with Crippen LogP contribution < -0.4 is 16.8 Å². The molecule has 0 heterocycles. The Balaban J connectivity index is -0.000000105. The highest BCUT2D eigenvalue weighted by molar-refractivity contribution is 4.27. The van der Waals surface area contributed by atoms with Crippen LogP contribution in [-0.4, -0.2) is 26.2 Å². The van der Waals surface area contributed by atoms with Gasteiger partial charge in [-0.25, -0.2) is 0 Å². The van der Waals surface area contributed by atoms with Gasteiger partial charge in [0, 0.05) is 0 Å². The molecule has 0 radical (unpaired) electrons. The number of hydrogen-bond donors (Lipinski definition) is 3. The number of nitrogens with one attached hydrogen (secondary N) is 1. The molecule has 78 valence electrons. The predicted octanol–water partition coefficient (Wildman–Crippen LogP) is 0.936. The van der Waals surface area contributed by atoms with Crippen LogP contribution in [0.1, 0.15) is 34.1 Å². The average molecular weight is 177 g/mol. The van der Waals surface area contributed by atoms with Crippen molar-refractivity contribution in [3.8, 4) is 0 Å². The van der Waals surface area contributed by atoms with Crippen molar-refractivity contribution in [1.82, 2.24) is 5.32 Å². The molecule has 0 aromatic carbocycles. The summed E-state index contributed by atoms with van der Waals surface area (Å²) < 4.78 is 0. The molecule has 0 aromatic rings. The largest absolute Gasteiger partial charge is 0.331 e. The summed E-state index contributed by atoms with van der Waals surface area (Å²) in [6.45, 7) is 11.9. The first-order valence-electron chi connectivity index (χ1n) is 4.85. The molecule has 3 nitrogen and oxygen atoms in total. The van der Waals surface area contributed by atoms with Crippen molar-refractivity contribution in [2.24, 2.45) is 11.5 Å². The molecule has 0 unspecified atom stereocenters. The van der Waals surface area contributed by atoms with Crippen molar-refractivity contribution in [3.63, 3.8) is 0 Å². The van der Waals surface area contributed by atoms with Crippen LogP contribution in [-0.2, 0) is 0 Å². The highest BCUT2D eigenvalue weighted by atomic mass is 14.8. The predicted molar refractivity (Wildman–Crippen MR) is 58.3 cm³/mol. The van der Waals surface area contributed by atoms with Crippen LogP contribution in [0.25, 0.3) is 0 Å². The van der Waals surface area contributed by atoms with Gasteiger partial charge in [-0.2, -0.15) is 0 Å². The van der Waals surface area contributed by atoms with Crippen LogP contribution in [0, 0.1) is 0 Å². The molecule has 0 atom stereocenters. The summed E-state index contributed by atoms with van der Waals surface area (Å²) in [5.41, 5.74) is 9.88. The lowest BCUT2D eigenvalue weighted by Crippen LogP contribution is -2.09. The van der Waals surface area contributed by atoms with Gasteiger partial charge in [0.1, 0.15) is 0 Å². The minimum Gasteiger partial charge on any atom is -0.331 e. The quantitative estimate of drug-likeness (QED) is 0.601. The van der Waals surface area contributed by atoms with Gasteiger partial charge in [-0.05, 0) is 32.6 Å². The van der Waals surface area contributed by atoms with E-state index in [-0.39, 0.29) is 0 Å². The Hall–Kier alpha value is -0.120. The fourth-order valence-corrected chi connectivity index (χ4v) is 0.250. The van der Waals surface area contributed by atoms with Crippen LogP contribution in [0.3, 0.4) is 0 Å². The van der Waals surface area contributed by atoms with Crippen molar-refractivity contribution in [3.05, 3.63) is 0 Å². The second kappa shape index (κ2) is 30.7. The van der Waals surface area contributed by atoms with Gasteiger partial charge in [-0.3, -0.25) is 0 Å². The summed E-state index contributed by atoms with van der Waals surface area (Å²) in [5.74, 6) is 0. The van der Waals surface area contributed by atoms with Gasteiger partial charge in [-0.1, -0.05) is 27.7 Å². The molecule has 0 aromatic heterocycles. The molecule has 0 aliphatic heterocycles. The maximum atomic E-state index is 5.03. The van der Waals surface area contributed by atoms with E-state index >= 15 is 0 Å². The van der Waals surface area contributed by atoms with Crippen molar-refractivity contribution in [2.75, 3.05) is 26.2 Å². The molecular weight excluding hydrogens is 150 g/mol. The topological polar surface area (TPSA) is 64.1 Å². The van der Waals surface area contributed by atoms with Crippen molar-refractivity contribution in [2.45, 2.75) is 34.1 Å². The summed E-state index contributed by atoms with van der Waals surface area (Å²) in [5, 5.41) is 3.11. The summed E-state index contributed by atoms with van der Waals surface area (Å²) in [6, 6.07) is 0.